The summed E-state index contributed by atoms with van der Waals surface area (Å²) in [5, 5.41) is 3.66. The zero-order valence-electron chi connectivity index (χ0n) is 25.8. The Labute approximate surface area is 248 Å². The standard InChI is InChI=1S/C34H47N5OSi/c1-9-31-32-33(36-24-37-34(32)38(8)21-28-16-12-10-13-17-28)35-20-30(39(31)22-29-18-14-11-15-19-29)23-40-41(25(2)3,26(4)5)27(6)7/h1,10-19,24-27,30-31H,20-23H2,2-8H3,(H,35,36,37)/t30-,31+/m0/s1. The van der Waals surface area contributed by atoms with E-state index in [2.05, 4.69) is 124 Å². The summed E-state index contributed by atoms with van der Waals surface area (Å²) < 4.78 is 7.17. The fraction of sp³-hybridized carbons (Fsp3) is 0.471. The lowest BCUT2D eigenvalue weighted by Gasteiger charge is -2.44. The molecule has 0 fully saturated rings. The second-order valence-corrected chi connectivity index (χ2v) is 17.7. The minimum atomic E-state index is -2.08. The third-order valence-electron chi connectivity index (χ3n) is 8.66. The zero-order chi connectivity index (χ0) is 29.6. The van der Waals surface area contributed by atoms with Gasteiger partial charge in [0.1, 0.15) is 24.0 Å². The monoisotopic (exact) mass is 569 g/mol. The van der Waals surface area contributed by atoms with E-state index in [1.807, 2.05) is 6.07 Å². The number of hydrogen-bond acceptors (Lipinski definition) is 6. The molecule has 0 saturated heterocycles. The Hall–Kier alpha value is -3.18. The average Bonchev–Trinajstić information content (AvgIpc) is 3.10. The maximum atomic E-state index is 7.17. The molecule has 0 radical (unpaired) electrons. The molecule has 4 rings (SSSR count). The first kappa shape index (κ1) is 30.8. The van der Waals surface area contributed by atoms with Gasteiger partial charge in [-0.05, 0) is 27.8 Å². The SMILES string of the molecule is C#C[C@@H]1c2c(ncnc2N(C)Cc2ccccc2)NC[C@@H](CO[Si](C(C)C)(C(C)C)C(C)C)N1Cc1ccccc1. The molecule has 6 nitrogen and oxygen atoms in total. The lowest BCUT2D eigenvalue weighted by molar-refractivity contribution is 0.107. The second kappa shape index (κ2) is 13.7. The second-order valence-electron chi connectivity index (χ2n) is 12.2. The van der Waals surface area contributed by atoms with Gasteiger partial charge in [0.2, 0.25) is 0 Å². The largest absolute Gasteiger partial charge is 0.414 e. The topological polar surface area (TPSA) is 53.5 Å². The summed E-state index contributed by atoms with van der Waals surface area (Å²) in [7, 11) is -0.00257. The summed E-state index contributed by atoms with van der Waals surface area (Å²) >= 11 is 0. The van der Waals surface area contributed by atoms with E-state index in [0.29, 0.717) is 36.3 Å². The first-order chi connectivity index (χ1) is 19.7. The third kappa shape index (κ3) is 6.67. The summed E-state index contributed by atoms with van der Waals surface area (Å²) in [6.45, 7) is 16.8. The van der Waals surface area contributed by atoms with Gasteiger partial charge in [0, 0.05) is 26.7 Å². The van der Waals surface area contributed by atoms with Crippen LogP contribution in [0.4, 0.5) is 11.6 Å². The maximum absolute atomic E-state index is 7.17. The molecule has 1 aromatic heterocycles. The summed E-state index contributed by atoms with van der Waals surface area (Å²) in [6, 6.07) is 20.8. The van der Waals surface area contributed by atoms with E-state index in [-0.39, 0.29) is 12.1 Å². The number of nitrogens with one attached hydrogen (secondary N) is 1. The van der Waals surface area contributed by atoms with Crippen LogP contribution in [-0.2, 0) is 17.5 Å². The number of aromatic nitrogens is 2. The van der Waals surface area contributed by atoms with Crippen molar-refractivity contribution in [1.29, 1.82) is 0 Å². The van der Waals surface area contributed by atoms with Crippen molar-refractivity contribution < 1.29 is 4.43 Å². The third-order valence-corrected chi connectivity index (χ3v) is 14.7. The molecule has 1 aliphatic heterocycles. The minimum absolute atomic E-state index is 0.0564. The van der Waals surface area contributed by atoms with Gasteiger partial charge in [0.05, 0.1) is 18.2 Å². The zero-order valence-corrected chi connectivity index (χ0v) is 26.8. The van der Waals surface area contributed by atoms with Crippen molar-refractivity contribution in [2.24, 2.45) is 0 Å². The first-order valence-corrected chi connectivity index (χ1v) is 17.1. The smallest absolute Gasteiger partial charge is 0.200 e. The van der Waals surface area contributed by atoms with E-state index in [4.69, 9.17) is 20.8 Å². The van der Waals surface area contributed by atoms with Crippen molar-refractivity contribution in [3.63, 3.8) is 0 Å². The predicted molar refractivity (Wildman–Crippen MR) is 173 cm³/mol. The molecular weight excluding hydrogens is 522 g/mol. The Morgan fingerprint density at radius 1 is 0.951 bits per heavy atom. The summed E-state index contributed by atoms with van der Waals surface area (Å²) in [5.74, 6) is 4.82. The fourth-order valence-corrected chi connectivity index (χ4v) is 12.3. The highest BCUT2D eigenvalue weighted by Crippen LogP contribution is 2.43. The van der Waals surface area contributed by atoms with Gasteiger partial charge in [0.15, 0.2) is 8.32 Å². The van der Waals surface area contributed by atoms with Crippen LogP contribution < -0.4 is 10.2 Å². The van der Waals surface area contributed by atoms with Gasteiger partial charge in [-0.1, -0.05) is 108 Å². The van der Waals surface area contributed by atoms with E-state index >= 15 is 0 Å². The highest BCUT2D eigenvalue weighted by molar-refractivity contribution is 6.77. The van der Waals surface area contributed by atoms with Crippen molar-refractivity contribution in [1.82, 2.24) is 14.9 Å². The normalized spacial score (nSPS) is 17.7. The predicted octanol–water partition coefficient (Wildman–Crippen LogP) is 7.28. The van der Waals surface area contributed by atoms with Crippen LogP contribution in [0.2, 0.25) is 16.6 Å². The molecule has 3 aromatic rings. The molecule has 0 bridgehead atoms. The summed E-state index contributed by atoms with van der Waals surface area (Å²) in [5.41, 5.74) is 4.91. The fourth-order valence-electron chi connectivity index (χ4n) is 6.81. The van der Waals surface area contributed by atoms with Crippen molar-refractivity contribution in [3.8, 4) is 12.3 Å². The molecule has 0 saturated carbocycles. The lowest BCUT2D eigenvalue weighted by atomic mass is 10.0. The molecular formula is C34H47N5OSi. The Kier molecular flexibility index (Phi) is 10.2. The van der Waals surface area contributed by atoms with E-state index in [1.54, 1.807) is 6.33 Å². The number of nitrogens with zero attached hydrogens (tertiary/aromatic N) is 4. The van der Waals surface area contributed by atoms with Gasteiger partial charge in [0.25, 0.3) is 0 Å². The molecule has 2 atom stereocenters. The Morgan fingerprint density at radius 2 is 1.54 bits per heavy atom. The average molecular weight is 570 g/mol. The number of hydrogen-bond donors (Lipinski definition) is 1. The highest BCUT2D eigenvalue weighted by Gasteiger charge is 2.46. The van der Waals surface area contributed by atoms with Gasteiger partial charge in [-0.15, -0.1) is 6.42 Å². The Morgan fingerprint density at radius 3 is 2.10 bits per heavy atom. The van der Waals surface area contributed by atoms with E-state index < -0.39 is 8.32 Å². The van der Waals surface area contributed by atoms with Crippen LogP contribution in [0.1, 0.15) is 64.3 Å². The van der Waals surface area contributed by atoms with Crippen molar-refractivity contribution >= 4 is 20.0 Å². The van der Waals surface area contributed by atoms with Gasteiger partial charge in [-0.3, -0.25) is 4.90 Å². The van der Waals surface area contributed by atoms with E-state index in [9.17, 15) is 0 Å². The van der Waals surface area contributed by atoms with Gasteiger partial charge >= 0.3 is 0 Å². The number of benzene rings is 2. The van der Waals surface area contributed by atoms with Crippen LogP contribution >= 0.6 is 0 Å². The van der Waals surface area contributed by atoms with Crippen LogP contribution in [0, 0.1) is 12.3 Å². The summed E-state index contributed by atoms with van der Waals surface area (Å²) in [6.07, 6.45) is 8.06. The number of anilines is 2. The maximum Gasteiger partial charge on any atom is 0.200 e. The first-order valence-electron chi connectivity index (χ1n) is 14.9. The molecule has 0 unspecified atom stereocenters. The van der Waals surface area contributed by atoms with Crippen LogP contribution in [0.15, 0.2) is 67.0 Å². The van der Waals surface area contributed by atoms with Crippen LogP contribution in [-0.4, -0.2) is 49.4 Å². The van der Waals surface area contributed by atoms with Gasteiger partial charge < -0.3 is 14.6 Å². The lowest BCUT2D eigenvalue weighted by Crippen LogP contribution is -2.52. The molecule has 2 heterocycles. The van der Waals surface area contributed by atoms with Crippen LogP contribution in [0.3, 0.4) is 0 Å². The van der Waals surface area contributed by atoms with Crippen LogP contribution in [0.25, 0.3) is 0 Å². The molecule has 1 N–H and O–H groups in total. The quantitative estimate of drug-likeness (QED) is 0.194. The number of rotatable bonds is 11. The van der Waals surface area contributed by atoms with Gasteiger partial charge in [-0.2, -0.15) is 0 Å². The molecule has 41 heavy (non-hydrogen) atoms. The number of terminal acetylenes is 1. The molecule has 2 aromatic carbocycles. The Bertz CT molecular complexity index is 1270. The Balaban J connectivity index is 1.74. The molecule has 1 aliphatic rings. The van der Waals surface area contributed by atoms with Crippen molar-refractivity contribution in [2.45, 2.75) is 83.3 Å². The summed E-state index contributed by atoms with van der Waals surface area (Å²) in [4.78, 5) is 14.1. The van der Waals surface area contributed by atoms with Crippen molar-refractivity contribution in [2.75, 3.05) is 30.4 Å². The molecule has 218 valence electrons. The van der Waals surface area contributed by atoms with Crippen molar-refractivity contribution in [3.05, 3.63) is 83.7 Å². The highest BCUT2D eigenvalue weighted by atomic mass is 28.4. The van der Waals surface area contributed by atoms with E-state index in [0.717, 1.165) is 23.7 Å². The molecule has 0 aliphatic carbocycles. The van der Waals surface area contributed by atoms with E-state index in [1.165, 1.54) is 11.1 Å². The van der Waals surface area contributed by atoms with Crippen LogP contribution in [0.5, 0.6) is 0 Å². The number of fused-ring (bicyclic) bond motifs is 1. The molecule has 0 amide bonds. The van der Waals surface area contributed by atoms with Gasteiger partial charge in [-0.25, -0.2) is 9.97 Å². The minimum Gasteiger partial charge on any atom is -0.414 e. The molecule has 0 spiro atoms. The molecule has 7 heteroatoms.